The van der Waals surface area contributed by atoms with Crippen molar-refractivity contribution < 1.29 is 24.5 Å². The summed E-state index contributed by atoms with van der Waals surface area (Å²) in [7, 11) is 0. The Kier molecular flexibility index (Phi) is 6.48. The SMILES string of the molecule is CCOc1ccc(CC(OC(C)C)C(=O)O)cc1CO. The van der Waals surface area contributed by atoms with Crippen LogP contribution in [0.2, 0.25) is 0 Å². The Bertz CT molecular complexity index is 442. The van der Waals surface area contributed by atoms with E-state index in [4.69, 9.17) is 14.6 Å². The molecule has 0 bridgehead atoms. The summed E-state index contributed by atoms with van der Waals surface area (Å²) in [5.41, 5.74) is 1.45. The number of ether oxygens (including phenoxy) is 2. The normalized spacial score (nSPS) is 12.4. The molecule has 0 heterocycles. The Morgan fingerprint density at radius 1 is 1.35 bits per heavy atom. The smallest absolute Gasteiger partial charge is 0.333 e. The molecule has 1 rings (SSSR count). The number of carboxylic acid groups (broad SMARTS) is 1. The van der Waals surface area contributed by atoms with Gasteiger partial charge in [-0.15, -0.1) is 0 Å². The maximum atomic E-state index is 11.2. The zero-order chi connectivity index (χ0) is 15.1. The van der Waals surface area contributed by atoms with E-state index in [1.54, 1.807) is 32.0 Å². The highest BCUT2D eigenvalue weighted by Gasteiger charge is 2.20. The molecule has 0 aliphatic carbocycles. The van der Waals surface area contributed by atoms with Crippen LogP contribution < -0.4 is 4.74 Å². The van der Waals surface area contributed by atoms with Gasteiger partial charge in [0.15, 0.2) is 6.10 Å². The first-order chi connectivity index (χ1) is 9.47. The van der Waals surface area contributed by atoms with E-state index < -0.39 is 12.1 Å². The molecule has 5 nitrogen and oxygen atoms in total. The Labute approximate surface area is 119 Å². The number of carboxylic acids is 1. The Morgan fingerprint density at radius 2 is 2.05 bits per heavy atom. The lowest BCUT2D eigenvalue weighted by atomic mass is 10.0. The molecular formula is C15H22O5. The minimum absolute atomic E-state index is 0.147. The average molecular weight is 282 g/mol. The van der Waals surface area contributed by atoms with Crippen LogP contribution in [-0.4, -0.2) is 35.0 Å². The molecule has 0 saturated carbocycles. The Hall–Kier alpha value is -1.59. The summed E-state index contributed by atoms with van der Waals surface area (Å²) < 4.78 is 10.8. The molecule has 0 amide bonds. The molecule has 1 aromatic rings. The van der Waals surface area contributed by atoms with Gasteiger partial charge < -0.3 is 19.7 Å². The van der Waals surface area contributed by atoms with Gasteiger partial charge in [0, 0.05) is 12.0 Å². The highest BCUT2D eigenvalue weighted by atomic mass is 16.5. The summed E-state index contributed by atoms with van der Waals surface area (Å²) in [4.78, 5) is 11.2. The molecule has 0 fully saturated rings. The molecule has 0 aliphatic heterocycles. The molecule has 1 unspecified atom stereocenters. The lowest BCUT2D eigenvalue weighted by molar-refractivity contribution is -0.153. The van der Waals surface area contributed by atoms with Gasteiger partial charge in [0.25, 0.3) is 0 Å². The molecule has 5 heteroatoms. The number of aliphatic hydroxyl groups is 1. The van der Waals surface area contributed by atoms with Crippen molar-refractivity contribution in [2.75, 3.05) is 6.61 Å². The van der Waals surface area contributed by atoms with E-state index in [1.165, 1.54) is 0 Å². The molecule has 1 aromatic carbocycles. The highest BCUT2D eigenvalue weighted by Crippen LogP contribution is 2.21. The summed E-state index contributed by atoms with van der Waals surface area (Å²) in [5.74, 6) is -0.367. The van der Waals surface area contributed by atoms with E-state index in [-0.39, 0.29) is 19.1 Å². The van der Waals surface area contributed by atoms with Gasteiger partial charge in [-0.2, -0.15) is 0 Å². The first kappa shape index (κ1) is 16.5. The van der Waals surface area contributed by atoms with Crippen LogP contribution in [0, 0.1) is 0 Å². The van der Waals surface area contributed by atoms with E-state index in [2.05, 4.69) is 0 Å². The van der Waals surface area contributed by atoms with E-state index in [9.17, 15) is 9.90 Å². The topological polar surface area (TPSA) is 76.0 Å². The van der Waals surface area contributed by atoms with Gasteiger partial charge in [0.2, 0.25) is 0 Å². The quantitative estimate of drug-likeness (QED) is 0.762. The van der Waals surface area contributed by atoms with Crippen molar-refractivity contribution in [2.24, 2.45) is 0 Å². The van der Waals surface area contributed by atoms with E-state index in [0.29, 0.717) is 17.9 Å². The van der Waals surface area contributed by atoms with Crippen molar-refractivity contribution >= 4 is 5.97 Å². The van der Waals surface area contributed by atoms with Crippen LogP contribution in [0.1, 0.15) is 31.9 Å². The average Bonchev–Trinajstić information content (AvgIpc) is 2.39. The summed E-state index contributed by atoms with van der Waals surface area (Å²) in [6.07, 6.45) is -0.789. The zero-order valence-corrected chi connectivity index (χ0v) is 12.1. The number of carbonyl (C=O) groups is 1. The second kappa shape index (κ2) is 7.87. The molecule has 0 saturated heterocycles. The highest BCUT2D eigenvalue weighted by molar-refractivity contribution is 5.72. The summed E-state index contributed by atoms with van der Waals surface area (Å²) in [5, 5.41) is 18.5. The fourth-order valence-corrected chi connectivity index (χ4v) is 1.92. The number of hydrogen-bond acceptors (Lipinski definition) is 4. The summed E-state index contributed by atoms with van der Waals surface area (Å²) >= 11 is 0. The van der Waals surface area contributed by atoms with Crippen LogP contribution in [0.4, 0.5) is 0 Å². The Morgan fingerprint density at radius 3 is 2.55 bits per heavy atom. The van der Waals surface area contributed by atoms with Crippen molar-refractivity contribution in [1.29, 1.82) is 0 Å². The maximum absolute atomic E-state index is 11.2. The number of hydrogen-bond donors (Lipinski definition) is 2. The monoisotopic (exact) mass is 282 g/mol. The van der Waals surface area contributed by atoms with Crippen molar-refractivity contribution in [3.8, 4) is 5.75 Å². The minimum Gasteiger partial charge on any atom is -0.494 e. The molecular weight excluding hydrogens is 260 g/mol. The van der Waals surface area contributed by atoms with E-state index in [0.717, 1.165) is 5.56 Å². The van der Waals surface area contributed by atoms with E-state index >= 15 is 0 Å². The van der Waals surface area contributed by atoms with Gasteiger partial charge in [-0.3, -0.25) is 0 Å². The summed E-state index contributed by atoms with van der Waals surface area (Å²) in [6, 6.07) is 5.30. The fourth-order valence-electron chi connectivity index (χ4n) is 1.92. The van der Waals surface area contributed by atoms with Crippen molar-refractivity contribution in [3.63, 3.8) is 0 Å². The first-order valence-electron chi connectivity index (χ1n) is 6.71. The maximum Gasteiger partial charge on any atom is 0.333 e. The van der Waals surface area contributed by atoms with Crippen LogP contribution in [0.3, 0.4) is 0 Å². The van der Waals surface area contributed by atoms with Crippen LogP contribution >= 0.6 is 0 Å². The number of aliphatic carboxylic acids is 1. The predicted octanol–water partition coefficient (Wildman–Crippen LogP) is 2.00. The summed E-state index contributed by atoms with van der Waals surface area (Å²) in [6.45, 7) is 5.83. The van der Waals surface area contributed by atoms with Crippen LogP contribution in [0.15, 0.2) is 18.2 Å². The molecule has 20 heavy (non-hydrogen) atoms. The van der Waals surface area contributed by atoms with Crippen LogP contribution in [-0.2, 0) is 22.6 Å². The standard InChI is InChI=1S/C15H22O5/c1-4-19-13-6-5-11(7-12(13)9-16)8-14(15(17)18)20-10(2)3/h5-7,10,14,16H,4,8-9H2,1-3H3,(H,17,18). The largest absolute Gasteiger partial charge is 0.494 e. The number of rotatable bonds is 8. The number of aliphatic hydroxyl groups excluding tert-OH is 1. The minimum atomic E-state index is -0.988. The third-order valence-corrected chi connectivity index (χ3v) is 2.73. The molecule has 0 aliphatic rings. The molecule has 0 radical (unpaired) electrons. The van der Waals surface area contributed by atoms with Gasteiger partial charge in [-0.25, -0.2) is 4.79 Å². The van der Waals surface area contributed by atoms with Crippen LogP contribution in [0.25, 0.3) is 0 Å². The van der Waals surface area contributed by atoms with Gasteiger partial charge in [-0.05, 0) is 38.5 Å². The van der Waals surface area contributed by atoms with Crippen molar-refractivity contribution in [2.45, 2.75) is 46.0 Å². The van der Waals surface area contributed by atoms with Crippen molar-refractivity contribution in [3.05, 3.63) is 29.3 Å². The second-order valence-corrected chi connectivity index (χ2v) is 4.75. The molecule has 2 N–H and O–H groups in total. The third-order valence-electron chi connectivity index (χ3n) is 2.73. The van der Waals surface area contributed by atoms with Crippen molar-refractivity contribution in [1.82, 2.24) is 0 Å². The van der Waals surface area contributed by atoms with Gasteiger partial charge >= 0.3 is 5.97 Å². The third kappa shape index (κ3) is 4.83. The lowest BCUT2D eigenvalue weighted by Gasteiger charge is -2.17. The first-order valence-corrected chi connectivity index (χ1v) is 6.71. The lowest BCUT2D eigenvalue weighted by Crippen LogP contribution is -2.29. The molecule has 0 spiro atoms. The molecule has 1 atom stereocenters. The van der Waals surface area contributed by atoms with Gasteiger partial charge in [0.1, 0.15) is 5.75 Å². The molecule has 112 valence electrons. The predicted molar refractivity (Wildman–Crippen MR) is 74.9 cm³/mol. The van der Waals surface area contributed by atoms with E-state index in [1.807, 2.05) is 6.92 Å². The second-order valence-electron chi connectivity index (χ2n) is 4.75. The number of benzene rings is 1. The zero-order valence-electron chi connectivity index (χ0n) is 12.1. The Balaban J connectivity index is 2.87. The van der Waals surface area contributed by atoms with Gasteiger partial charge in [0.05, 0.1) is 19.3 Å². The van der Waals surface area contributed by atoms with Gasteiger partial charge in [-0.1, -0.05) is 6.07 Å². The fraction of sp³-hybridized carbons (Fsp3) is 0.533. The van der Waals surface area contributed by atoms with Crippen LogP contribution in [0.5, 0.6) is 5.75 Å². The molecule has 0 aromatic heterocycles.